The van der Waals surface area contributed by atoms with Crippen LogP contribution in [0.1, 0.15) is 47.6 Å². The minimum atomic E-state index is -0.151. The summed E-state index contributed by atoms with van der Waals surface area (Å²) in [6.45, 7) is 2.02. The van der Waals surface area contributed by atoms with Crippen LogP contribution < -0.4 is 0 Å². The van der Waals surface area contributed by atoms with E-state index >= 15 is 0 Å². The summed E-state index contributed by atoms with van der Waals surface area (Å²) in [4.78, 5) is 15.5. The molecule has 2 heteroatoms. The fourth-order valence-corrected chi connectivity index (χ4v) is 3.28. The second-order valence-corrected chi connectivity index (χ2v) is 5.99. The molecule has 1 saturated heterocycles. The molecule has 1 fully saturated rings. The summed E-state index contributed by atoms with van der Waals surface area (Å²) in [5.74, 6) is 0.216. The zero-order valence-corrected chi connectivity index (χ0v) is 12.9. The lowest BCUT2D eigenvalue weighted by atomic mass is 9.95. The largest absolute Gasteiger partial charge is 0.292 e. The van der Waals surface area contributed by atoms with Crippen LogP contribution in [0.15, 0.2) is 60.7 Å². The number of benzene rings is 2. The highest BCUT2D eigenvalue weighted by Crippen LogP contribution is 2.27. The van der Waals surface area contributed by atoms with Crippen molar-refractivity contribution in [2.45, 2.75) is 31.7 Å². The molecule has 1 aliphatic rings. The van der Waals surface area contributed by atoms with E-state index in [4.69, 9.17) is 0 Å². The number of likely N-dealkylation sites (tertiary alicyclic amines) is 1. The quantitative estimate of drug-likeness (QED) is 0.774. The molecule has 0 bridgehead atoms. The summed E-state index contributed by atoms with van der Waals surface area (Å²) in [6, 6.07) is 19.8. The van der Waals surface area contributed by atoms with Crippen molar-refractivity contribution in [3.05, 3.63) is 71.8 Å². The van der Waals surface area contributed by atoms with Crippen molar-refractivity contribution in [1.29, 1.82) is 0 Å². The van der Waals surface area contributed by atoms with Gasteiger partial charge >= 0.3 is 0 Å². The van der Waals surface area contributed by atoms with Gasteiger partial charge in [-0.3, -0.25) is 9.69 Å². The fourth-order valence-electron chi connectivity index (χ4n) is 3.28. The first kappa shape index (κ1) is 15.0. The predicted octanol–water partition coefficient (Wildman–Crippen LogP) is 4.49. The molecule has 1 atom stereocenters. The molecular formula is C20H23NO. The first-order chi connectivity index (χ1) is 10.9. The van der Waals surface area contributed by atoms with Crippen molar-refractivity contribution in [3.63, 3.8) is 0 Å². The van der Waals surface area contributed by atoms with Crippen LogP contribution in [0.4, 0.5) is 0 Å². The van der Waals surface area contributed by atoms with Gasteiger partial charge in [0.15, 0.2) is 5.78 Å². The van der Waals surface area contributed by atoms with Gasteiger partial charge in [-0.1, -0.05) is 73.5 Å². The highest BCUT2D eigenvalue weighted by Gasteiger charge is 2.28. The molecule has 0 radical (unpaired) electrons. The molecule has 0 spiro atoms. The Hall–Kier alpha value is -1.93. The molecule has 0 N–H and O–H groups in total. The van der Waals surface area contributed by atoms with E-state index in [-0.39, 0.29) is 11.8 Å². The molecular weight excluding hydrogens is 270 g/mol. The van der Waals surface area contributed by atoms with Gasteiger partial charge < -0.3 is 0 Å². The second-order valence-electron chi connectivity index (χ2n) is 5.99. The lowest BCUT2D eigenvalue weighted by molar-refractivity contribution is 0.0821. The Morgan fingerprint density at radius 3 is 1.91 bits per heavy atom. The summed E-state index contributed by atoms with van der Waals surface area (Å²) >= 11 is 0. The van der Waals surface area contributed by atoms with Crippen LogP contribution in [0.25, 0.3) is 0 Å². The SMILES string of the molecule is O=C(c1ccccc1)[C@H](c1ccccc1)N1CCCCCC1. The van der Waals surface area contributed by atoms with Gasteiger partial charge in [-0.25, -0.2) is 0 Å². The molecule has 2 aromatic rings. The van der Waals surface area contributed by atoms with E-state index in [0.717, 1.165) is 24.2 Å². The third-order valence-electron chi connectivity index (χ3n) is 4.43. The maximum Gasteiger partial charge on any atom is 0.184 e. The molecule has 3 rings (SSSR count). The van der Waals surface area contributed by atoms with Gasteiger partial charge in [0.1, 0.15) is 0 Å². The summed E-state index contributed by atoms with van der Waals surface area (Å²) in [6.07, 6.45) is 4.92. The highest BCUT2D eigenvalue weighted by atomic mass is 16.1. The van der Waals surface area contributed by atoms with E-state index in [1.54, 1.807) is 0 Å². The average Bonchev–Trinajstić information content (AvgIpc) is 2.86. The number of carbonyl (C=O) groups is 1. The topological polar surface area (TPSA) is 20.3 Å². The van der Waals surface area contributed by atoms with Crippen LogP contribution in [0, 0.1) is 0 Å². The fraction of sp³-hybridized carbons (Fsp3) is 0.350. The summed E-state index contributed by atoms with van der Waals surface area (Å²) in [5, 5.41) is 0. The van der Waals surface area contributed by atoms with Crippen LogP contribution in [0.3, 0.4) is 0 Å². The van der Waals surface area contributed by atoms with E-state index in [2.05, 4.69) is 17.0 Å². The number of hydrogen-bond donors (Lipinski definition) is 0. The van der Waals surface area contributed by atoms with Gasteiger partial charge in [0.25, 0.3) is 0 Å². The lowest BCUT2D eigenvalue weighted by Crippen LogP contribution is -2.35. The Morgan fingerprint density at radius 2 is 1.32 bits per heavy atom. The Morgan fingerprint density at radius 1 is 0.773 bits per heavy atom. The van der Waals surface area contributed by atoms with Crippen LogP contribution >= 0.6 is 0 Å². The van der Waals surface area contributed by atoms with E-state index in [9.17, 15) is 4.79 Å². The summed E-state index contributed by atoms with van der Waals surface area (Å²) < 4.78 is 0. The molecule has 0 aliphatic carbocycles. The number of carbonyl (C=O) groups excluding carboxylic acids is 1. The van der Waals surface area contributed by atoms with E-state index in [0.29, 0.717) is 0 Å². The Balaban J connectivity index is 1.94. The first-order valence-corrected chi connectivity index (χ1v) is 8.24. The number of rotatable bonds is 4. The lowest BCUT2D eigenvalue weighted by Gasteiger charge is -2.30. The monoisotopic (exact) mass is 293 g/mol. The van der Waals surface area contributed by atoms with Crippen LogP contribution in [0.2, 0.25) is 0 Å². The molecule has 0 aromatic heterocycles. The predicted molar refractivity (Wildman–Crippen MR) is 90.0 cm³/mol. The van der Waals surface area contributed by atoms with Gasteiger partial charge in [0, 0.05) is 5.56 Å². The molecule has 2 aromatic carbocycles. The molecule has 0 amide bonds. The molecule has 1 aliphatic heterocycles. The van der Waals surface area contributed by atoms with Crippen molar-refractivity contribution in [2.75, 3.05) is 13.1 Å². The maximum atomic E-state index is 13.1. The van der Waals surface area contributed by atoms with E-state index in [1.807, 2.05) is 48.5 Å². The molecule has 114 valence electrons. The maximum absolute atomic E-state index is 13.1. The Labute approximate surface area is 132 Å². The number of Topliss-reactive ketones (excluding diaryl/α,β-unsaturated/α-hetero) is 1. The van der Waals surface area contributed by atoms with Crippen molar-refractivity contribution in [3.8, 4) is 0 Å². The smallest absolute Gasteiger partial charge is 0.184 e. The molecule has 2 nitrogen and oxygen atoms in total. The van der Waals surface area contributed by atoms with Crippen molar-refractivity contribution in [1.82, 2.24) is 4.90 Å². The van der Waals surface area contributed by atoms with Crippen LogP contribution in [0.5, 0.6) is 0 Å². The van der Waals surface area contributed by atoms with Gasteiger partial charge in [-0.2, -0.15) is 0 Å². The summed E-state index contributed by atoms with van der Waals surface area (Å²) in [5.41, 5.74) is 1.92. The van der Waals surface area contributed by atoms with Crippen molar-refractivity contribution >= 4 is 5.78 Å². The van der Waals surface area contributed by atoms with E-state index < -0.39 is 0 Å². The second kappa shape index (κ2) is 7.37. The minimum Gasteiger partial charge on any atom is -0.292 e. The third-order valence-corrected chi connectivity index (χ3v) is 4.43. The molecule has 0 saturated carbocycles. The number of nitrogens with zero attached hydrogens (tertiary/aromatic N) is 1. The van der Waals surface area contributed by atoms with Crippen LogP contribution in [-0.2, 0) is 0 Å². The Kier molecular flexibility index (Phi) is 5.02. The highest BCUT2D eigenvalue weighted by molar-refractivity contribution is 6.00. The molecule has 22 heavy (non-hydrogen) atoms. The normalized spacial score (nSPS) is 17.6. The van der Waals surface area contributed by atoms with Crippen molar-refractivity contribution in [2.24, 2.45) is 0 Å². The first-order valence-electron chi connectivity index (χ1n) is 8.24. The number of hydrogen-bond acceptors (Lipinski definition) is 2. The zero-order chi connectivity index (χ0) is 15.2. The van der Waals surface area contributed by atoms with Crippen LogP contribution in [-0.4, -0.2) is 23.8 Å². The van der Waals surface area contributed by atoms with Gasteiger partial charge in [-0.05, 0) is 31.5 Å². The zero-order valence-electron chi connectivity index (χ0n) is 12.9. The van der Waals surface area contributed by atoms with Gasteiger partial charge in [0.05, 0.1) is 6.04 Å². The van der Waals surface area contributed by atoms with Crippen molar-refractivity contribution < 1.29 is 4.79 Å². The average molecular weight is 293 g/mol. The molecule has 0 unspecified atom stereocenters. The van der Waals surface area contributed by atoms with Gasteiger partial charge in [0.2, 0.25) is 0 Å². The molecule has 1 heterocycles. The Bertz CT molecular complexity index is 586. The standard InChI is InChI=1S/C20H23NO/c22-20(18-13-7-4-8-14-18)19(17-11-5-3-6-12-17)21-15-9-1-2-10-16-21/h3-8,11-14,19H,1-2,9-10,15-16H2/t19-/m0/s1. The third kappa shape index (κ3) is 3.45. The summed E-state index contributed by atoms with van der Waals surface area (Å²) in [7, 11) is 0. The van der Waals surface area contributed by atoms with Gasteiger partial charge in [-0.15, -0.1) is 0 Å². The number of ketones is 1. The minimum absolute atomic E-state index is 0.151. The van der Waals surface area contributed by atoms with E-state index in [1.165, 1.54) is 25.7 Å².